The summed E-state index contributed by atoms with van der Waals surface area (Å²) in [5, 5.41) is 7.95. The Hall–Kier alpha value is -1.67. The van der Waals surface area contributed by atoms with Crippen molar-refractivity contribution < 1.29 is 25.6 Å². The maximum absolute atomic E-state index is 14.7. The molecule has 1 fully saturated rings. The van der Waals surface area contributed by atoms with Crippen LogP contribution in [0.25, 0.3) is 0 Å². The van der Waals surface area contributed by atoms with Crippen molar-refractivity contribution in [1.29, 1.82) is 0 Å². The summed E-state index contributed by atoms with van der Waals surface area (Å²) in [5.41, 5.74) is 0.813. The Morgan fingerprint density at radius 2 is 1.97 bits per heavy atom. The van der Waals surface area contributed by atoms with Crippen LogP contribution in [-0.4, -0.2) is 50.5 Å². The highest BCUT2D eigenvalue weighted by atomic mass is 79.9. The molecule has 0 spiro atoms. The number of nitrogens with one attached hydrogen (secondary N) is 1. The van der Waals surface area contributed by atoms with Gasteiger partial charge >= 0.3 is 0 Å². The van der Waals surface area contributed by atoms with Gasteiger partial charge in [-0.1, -0.05) is 6.07 Å². The summed E-state index contributed by atoms with van der Waals surface area (Å²) in [6.45, 7) is 1.90. The first kappa shape index (κ1) is 25.0. The summed E-state index contributed by atoms with van der Waals surface area (Å²) in [7, 11) is -8.01. The number of pyridine rings is 1. The molecule has 1 aromatic carbocycles. The molecule has 0 amide bonds. The van der Waals surface area contributed by atoms with E-state index >= 15 is 0 Å². The van der Waals surface area contributed by atoms with Crippen molar-refractivity contribution in [3.05, 3.63) is 52.1 Å². The molecule has 0 saturated carbocycles. The minimum absolute atomic E-state index is 0.119. The summed E-state index contributed by atoms with van der Waals surface area (Å²) in [6, 6.07) is 4.34. The highest BCUT2D eigenvalue weighted by molar-refractivity contribution is 9.10. The number of rotatable bonds is 8. The zero-order valence-corrected chi connectivity index (χ0v) is 20.4. The van der Waals surface area contributed by atoms with Crippen molar-refractivity contribution in [1.82, 2.24) is 9.29 Å². The van der Waals surface area contributed by atoms with E-state index in [2.05, 4.69) is 26.2 Å². The summed E-state index contributed by atoms with van der Waals surface area (Å²) in [4.78, 5) is 3.56. The standard InChI is InChI=1S/C19H23BrF2N4O4S2/c1-12(7-13-4-5-17(21)16(20)8-13)25-19-18(22)9-15(10-24-19)32(29,30)26-6-2-3-14(26)11-31(23,27)28/h4-5,8-10,12,14H,2-3,6-7,11H2,1H3,(H,24,25)(H2,23,27,28)/t12?,14-/m0/s1. The molecule has 32 heavy (non-hydrogen) atoms. The predicted octanol–water partition coefficient (Wildman–Crippen LogP) is 2.61. The van der Waals surface area contributed by atoms with Crippen molar-refractivity contribution in [3.63, 3.8) is 0 Å². The molecule has 1 aliphatic heterocycles. The number of anilines is 1. The minimum Gasteiger partial charge on any atom is -0.365 e. The number of benzene rings is 1. The fourth-order valence-corrected chi connectivity index (χ4v) is 6.72. The maximum Gasteiger partial charge on any atom is 0.244 e. The summed E-state index contributed by atoms with van der Waals surface area (Å²) >= 11 is 3.12. The van der Waals surface area contributed by atoms with Gasteiger partial charge in [-0.25, -0.2) is 35.7 Å². The summed E-state index contributed by atoms with van der Waals surface area (Å²) in [5.74, 6) is -1.87. The Labute approximate surface area is 194 Å². The number of hydrogen-bond donors (Lipinski definition) is 2. The first-order valence-corrected chi connectivity index (χ1v) is 13.7. The first-order valence-electron chi connectivity index (χ1n) is 9.75. The maximum atomic E-state index is 14.7. The largest absolute Gasteiger partial charge is 0.365 e. The van der Waals surface area contributed by atoms with Gasteiger partial charge < -0.3 is 5.32 Å². The van der Waals surface area contributed by atoms with Crippen molar-refractivity contribution in [2.45, 2.75) is 43.2 Å². The smallest absolute Gasteiger partial charge is 0.244 e. The molecule has 1 saturated heterocycles. The number of halogens is 3. The van der Waals surface area contributed by atoms with Gasteiger partial charge in [0.1, 0.15) is 10.7 Å². The number of aromatic nitrogens is 1. The van der Waals surface area contributed by atoms with E-state index in [4.69, 9.17) is 5.14 Å². The van der Waals surface area contributed by atoms with Crippen molar-refractivity contribution >= 4 is 41.8 Å². The molecule has 1 aliphatic rings. The van der Waals surface area contributed by atoms with E-state index in [1.54, 1.807) is 19.1 Å². The summed E-state index contributed by atoms with van der Waals surface area (Å²) < 4.78 is 78.1. The quantitative estimate of drug-likeness (QED) is 0.519. The molecule has 176 valence electrons. The molecular weight excluding hydrogens is 530 g/mol. The van der Waals surface area contributed by atoms with E-state index in [-0.39, 0.29) is 29.1 Å². The van der Waals surface area contributed by atoms with Crippen molar-refractivity contribution in [2.75, 3.05) is 17.6 Å². The fraction of sp³-hybridized carbons (Fsp3) is 0.421. The second kappa shape index (κ2) is 9.67. The van der Waals surface area contributed by atoms with Crippen LogP contribution in [0, 0.1) is 11.6 Å². The molecule has 0 bridgehead atoms. The van der Waals surface area contributed by atoms with E-state index in [9.17, 15) is 25.6 Å². The summed E-state index contributed by atoms with van der Waals surface area (Å²) in [6.07, 6.45) is 2.31. The lowest BCUT2D eigenvalue weighted by atomic mass is 10.1. The lowest BCUT2D eigenvalue weighted by Crippen LogP contribution is -2.41. The predicted molar refractivity (Wildman–Crippen MR) is 120 cm³/mol. The molecule has 2 aromatic rings. The van der Waals surface area contributed by atoms with Gasteiger partial charge in [0.2, 0.25) is 20.0 Å². The molecule has 0 aliphatic carbocycles. The van der Waals surface area contributed by atoms with Gasteiger partial charge in [0.05, 0.1) is 10.2 Å². The van der Waals surface area contributed by atoms with E-state index in [0.717, 1.165) is 22.1 Å². The SMILES string of the molecule is CC(Cc1ccc(F)c(Br)c1)Nc1ncc(S(=O)(=O)N2CCC[C@H]2CS(N)(=O)=O)cc1F. The second-order valence-corrected chi connectivity index (χ2v) is 12.1. The van der Waals surface area contributed by atoms with Crippen molar-refractivity contribution in [3.8, 4) is 0 Å². The molecule has 13 heteroatoms. The first-order chi connectivity index (χ1) is 14.9. The van der Waals surface area contributed by atoms with Crippen LogP contribution < -0.4 is 10.5 Å². The molecule has 8 nitrogen and oxygen atoms in total. The van der Waals surface area contributed by atoms with Crippen LogP contribution in [0.1, 0.15) is 25.3 Å². The molecule has 0 radical (unpaired) electrons. The van der Waals surface area contributed by atoms with Crippen LogP contribution >= 0.6 is 15.9 Å². The highest BCUT2D eigenvalue weighted by Gasteiger charge is 2.37. The number of sulfonamides is 2. The Kier molecular flexibility index (Phi) is 7.55. The van der Waals surface area contributed by atoms with E-state index < -0.39 is 37.7 Å². The zero-order valence-electron chi connectivity index (χ0n) is 17.1. The topological polar surface area (TPSA) is 122 Å². The Balaban J connectivity index is 1.74. The van der Waals surface area contributed by atoms with Crippen LogP contribution in [-0.2, 0) is 26.5 Å². The number of nitrogens with zero attached hydrogens (tertiary/aromatic N) is 2. The Bertz CT molecular complexity index is 1210. The van der Waals surface area contributed by atoms with Gasteiger partial charge in [-0.3, -0.25) is 0 Å². The zero-order chi connectivity index (χ0) is 23.7. The highest BCUT2D eigenvalue weighted by Crippen LogP contribution is 2.28. The van der Waals surface area contributed by atoms with E-state index in [1.165, 1.54) is 6.07 Å². The molecular formula is C19H23BrF2N4O4S2. The van der Waals surface area contributed by atoms with Crippen LogP contribution in [0.4, 0.5) is 14.6 Å². The van der Waals surface area contributed by atoms with E-state index in [0.29, 0.717) is 23.7 Å². The number of nitrogens with two attached hydrogens (primary N) is 1. The third-order valence-corrected chi connectivity index (χ3v) is 8.45. The minimum atomic E-state index is -4.14. The molecule has 1 aromatic heterocycles. The average molecular weight is 553 g/mol. The lowest BCUT2D eigenvalue weighted by Gasteiger charge is -2.23. The Morgan fingerprint density at radius 3 is 2.59 bits per heavy atom. The fourth-order valence-electron chi connectivity index (χ4n) is 3.67. The van der Waals surface area contributed by atoms with Crippen LogP contribution in [0.3, 0.4) is 0 Å². The van der Waals surface area contributed by atoms with Crippen LogP contribution in [0.5, 0.6) is 0 Å². The second-order valence-electron chi connectivity index (χ2n) is 7.74. The number of hydrogen-bond acceptors (Lipinski definition) is 6. The lowest BCUT2D eigenvalue weighted by molar-refractivity contribution is 0.407. The Morgan fingerprint density at radius 1 is 1.25 bits per heavy atom. The van der Waals surface area contributed by atoms with Gasteiger partial charge in [-0.2, -0.15) is 4.31 Å². The van der Waals surface area contributed by atoms with E-state index in [1.807, 2.05) is 0 Å². The third kappa shape index (κ3) is 6.01. The number of primary sulfonamides is 1. The van der Waals surface area contributed by atoms with Crippen LogP contribution in [0.2, 0.25) is 0 Å². The molecule has 3 N–H and O–H groups in total. The van der Waals surface area contributed by atoms with Gasteiger partial charge in [0.25, 0.3) is 0 Å². The molecule has 2 atom stereocenters. The van der Waals surface area contributed by atoms with Crippen molar-refractivity contribution in [2.24, 2.45) is 5.14 Å². The normalized spacial score (nSPS) is 18.6. The van der Waals surface area contributed by atoms with Gasteiger partial charge in [-0.15, -0.1) is 0 Å². The third-order valence-electron chi connectivity index (χ3n) is 5.08. The van der Waals surface area contributed by atoms with Gasteiger partial charge in [0, 0.05) is 24.8 Å². The van der Waals surface area contributed by atoms with Gasteiger partial charge in [0.15, 0.2) is 11.6 Å². The van der Waals surface area contributed by atoms with Crippen LogP contribution in [0.15, 0.2) is 39.8 Å². The van der Waals surface area contributed by atoms with Gasteiger partial charge in [-0.05, 0) is 65.9 Å². The molecule has 1 unspecified atom stereocenters. The average Bonchev–Trinajstić information content (AvgIpc) is 3.13. The monoisotopic (exact) mass is 552 g/mol. The molecule has 3 rings (SSSR count). The molecule has 2 heterocycles.